The molecule has 3 fully saturated rings. The number of hydrogen-bond acceptors (Lipinski definition) is 6. The molecule has 3 saturated heterocycles. The lowest BCUT2D eigenvalue weighted by Crippen LogP contribution is -2.57. The second kappa shape index (κ2) is 6.47. The van der Waals surface area contributed by atoms with Gasteiger partial charge in [-0.15, -0.1) is 11.3 Å². The van der Waals surface area contributed by atoms with Gasteiger partial charge < -0.3 is 14.6 Å². The second-order valence-corrected chi connectivity index (χ2v) is 8.58. The summed E-state index contributed by atoms with van der Waals surface area (Å²) in [4.78, 5) is 19.7. The van der Waals surface area contributed by atoms with Gasteiger partial charge in [0.05, 0.1) is 15.3 Å². The lowest BCUT2D eigenvalue weighted by molar-refractivity contribution is 0.0622. The number of oxazole rings is 1. The van der Waals surface area contributed by atoms with Crippen LogP contribution in [0.3, 0.4) is 0 Å². The molecular formula is C15H16ClN3O2S2. The standard InChI is InChI=1S/C15H16ClN3O2S2/c16-12-7-17-15(21-12)23-13-2-1-11(22-13)14(20)18-10-8-19-5-3-9(10)4-6-19/h1-2,7,9-10H,3-6,8H2,(H,18,20). The molecule has 0 aliphatic carbocycles. The number of nitrogens with one attached hydrogen (secondary N) is 1. The average molecular weight is 370 g/mol. The minimum Gasteiger partial charge on any atom is -0.419 e. The predicted molar refractivity (Wildman–Crippen MR) is 90.4 cm³/mol. The van der Waals surface area contributed by atoms with Gasteiger partial charge in [-0.1, -0.05) is 0 Å². The normalized spacial score (nSPS) is 26.4. The Morgan fingerprint density at radius 2 is 2.26 bits per heavy atom. The van der Waals surface area contributed by atoms with Gasteiger partial charge in [0.25, 0.3) is 11.1 Å². The van der Waals surface area contributed by atoms with E-state index in [0.29, 0.717) is 11.1 Å². The van der Waals surface area contributed by atoms with Gasteiger partial charge >= 0.3 is 0 Å². The maximum absolute atomic E-state index is 12.5. The van der Waals surface area contributed by atoms with Crippen molar-refractivity contribution in [3.05, 3.63) is 28.4 Å². The highest BCUT2D eigenvalue weighted by molar-refractivity contribution is 8.01. The summed E-state index contributed by atoms with van der Waals surface area (Å²) in [5.74, 6) is 0.651. The molecule has 3 aliphatic rings. The summed E-state index contributed by atoms with van der Waals surface area (Å²) in [5.41, 5.74) is 0. The van der Waals surface area contributed by atoms with Crippen molar-refractivity contribution >= 4 is 40.6 Å². The number of amides is 1. The van der Waals surface area contributed by atoms with Crippen LogP contribution in [0.15, 0.2) is 32.2 Å². The van der Waals surface area contributed by atoms with Crippen molar-refractivity contribution in [3.63, 3.8) is 0 Å². The first kappa shape index (κ1) is 15.5. The Morgan fingerprint density at radius 1 is 1.43 bits per heavy atom. The van der Waals surface area contributed by atoms with Gasteiger partial charge in [0.1, 0.15) is 0 Å². The van der Waals surface area contributed by atoms with Crippen LogP contribution in [0.1, 0.15) is 22.5 Å². The molecule has 8 heteroatoms. The van der Waals surface area contributed by atoms with E-state index in [4.69, 9.17) is 16.0 Å². The molecule has 1 atom stereocenters. The Labute approximate surface area is 147 Å². The molecule has 2 aromatic heterocycles. The maximum atomic E-state index is 12.5. The molecule has 1 N–H and O–H groups in total. The number of thiophene rings is 1. The maximum Gasteiger partial charge on any atom is 0.262 e. The van der Waals surface area contributed by atoms with E-state index >= 15 is 0 Å². The molecule has 5 heterocycles. The fraction of sp³-hybridized carbons (Fsp3) is 0.467. The van der Waals surface area contributed by atoms with Gasteiger partial charge in [-0.25, -0.2) is 4.98 Å². The molecule has 0 aromatic carbocycles. The minimum atomic E-state index is 0.0195. The van der Waals surface area contributed by atoms with Gasteiger partial charge in [0.15, 0.2) is 0 Å². The van der Waals surface area contributed by atoms with E-state index in [-0.39, 0.29) is 17.2 Å². The molecule has 3 aliphatic heterocycles. The molecule has 0 saturated carbocycles. The van der Waals surface area contributed by atoms with Crippen LogP contribution in [0.4, 0.5) is 0 Å². The van der Waals surface area contributed by atoms with Crippen molar-refractivity contribution in [2.75, 3.05) is 19.6 Å². The first-order chi connectivity index (χ1) is 11.2. The van der Waals surface area contributed by atoms with Crippen molar-refractivity contribution in [3.8, 4) is 0 Å². The number of carbonyl (C=O) groups is 1. The van der Waals surface area contributed by atoms with Crippen LogP contribution in [0, 0.1) is 5.92 Å². The largest absolute Gasteiger partial charge is 0.419 e. The number of hydrogen-bond donors (Lipinski definition) is 1. The number of nitrogens with zero attached hydrogens (tertiary/aromatic N) is 2. The Balaban J connectivity index is 1.39. The number of halogens is 1. The fourth-order valence-corrected chi connectivity index (χ4v) is 5.24. The second-order valence-electron chi connectivity index (χ2n) is 5.87. The van der Waals surface area contributed by atoms with Crippen LogP contribution < -0.4 is 5.32 Å². The van der Waals surface area contributed by atoms with Crippen molar-refractivity contribution < 1.29 is 9.21 Å². The number of aromatic nitrogens is 1. The Bertz CT molecular complexity index is 709. The first-order valence-electron chi connectivity index (χ1n) is 7.59. The van der Waals surface area contributed by atoms with E-state index in [1.807, 2.05) is 12.1 Å². The smallest absolute Gasteiger partial charge is 0.262 e. The van der Waals surface area contributed by atoms with Crippen molar-refractivity contribution in [1.82, 2.24) is 15.2 Å². The molecule has 122 valence electrons. The molecule has 5 nitrogen and oxygen atoms in total. The third-order valence-electron chi connectivity index (χ3n) is 4.42. The summed E-state index contributed by atoms with van der Waals surface area (Å²) in [6, 6.07) is 4.06. The van der Waals surface area contributed by atoms with Gasteiger partial charge in [-0.2, -0.15) is 0 Å². The zero-order valence-corrected chi connectivity index (χ0v) is 14.7. The van der Waals surface area contributed by atoms with Crippen LogP contribution in [-0.2, 0) is 0 Å². The molecular weight excluding hydrogens is 354 g/mol. The fourth-order valence-electron chi connectivity index (χ4n) is 3.24. The molecule has 2 aromatic rings. The summed E-state index contributed by atoms with van der Waals surface area (Å²) >= 11 is 8.54. The molecule has 23 heavy (non-hydrogen) atoms. The highest BCUT2D eigenvalue weighted by atomic mass is 35.5. The zero-order valence-electron chi connectivity index (χ0n) is 12.3. The van der Waals surface area contributed by atoms with Crippen molar-refractivity contribution in [1.29, 1.82) is 0 Å². The topological polar surface area (TPSA) is 58.4 Å². The zero-order chi connectivity index (χ0) is 15.8. The third kappa shape index (κ3) is 3.42. The number of piperidine rings is 3. The summed E-state index contributed by atoms with van der Waals surface area (Å²) in [6.45, 7) is 3.34. The van der Waals surface area contributed by atoms with Crippen molar-refractivity contribution in [2.24, 2.45) is 5.92 Å². The van der Waals surface area contributed by atoms with E-state index in [1.54, 1.807) is 0 Å². The van der Waals surface area contributed by atoms with Gasteiger partial charge in [0, 0.05) is 12.6 Å². The lowest BCUT2D eigenvalue weighted by Gasteiger charge is -2.44. The molecule has 2 bridgehead atoms. The molecule has 1 unspecified atom stereocenters. The quantitative estimate of drug-likeness (QED) is 0.895. The Morgan fingerprint density at radius 3 is 2.91 bits per heavy atom. The van der Waals surface area contributed by atoms with Crippen LogP contribution in [0.2, 0.25) is 5.22 Å². The van der Waals surface area contributed by atoms with Gasteiger partial charge in [0.2, 0.25) is 5.22 Å². The Hall–Kier alpha value is -1.02. The van der Waals surface area contributed by atoms with E-state index in [1.165, 1.54) is 55.2 Å². The molecule has 5 rings (SSSR count). The third-order valence-corrected chi connectivity index (χ3v) is 6.68. The monoisotopic (exact) mass is 369 g/mol. The Kier molecular flexibility index (Phi) is 4.36. The summed E-state index contributed by atoms with van der Waals surface area (Å²) < 4.78 is 6.19. The molecule has 0 spiro atoms. The lowest BCUT2D eigenvalue weighted by atomic mass is 9.84. The van der Waals surface area contributed by atoms with Crippen LogP contribution in [0.25, 0.3) is 0 Å². The molecule has 0 radical (unpaired) electrons. The van der Waals surface area contributed by atoms with Gasteiger partial charge in [-0.05, 0) is 67.3 Å². The first-order valence-corrected chi connectivity index (χ1v) is 9.61. The van der Waals surface area contributed by atoms with Gasteiger partial charge in [-0.3, -0.25) is 4.79 Å². The predicted octanol–water partition coefficient (Wildman–Crippen LogP) is 3.36. The van der Waals surface area contributed by atoms with E-state index in [9.17, 15) is 4.79 Å². The van der Waals surface area contributed by atoms with Crippen LogP contribution in [-0.4, -0.2) is 41.5 Å². The molecule has 1 amide bonds. The number of carbonyl (C=O) groups excluding carboxylic acids is 1. The highest BCUT2D eigenvalue weighted by Gasteiger charge is 2.35. The highest BCUT2D eigenvalue weighted by Crippen LogP contribution is 2.34. The number of rotatable bonds is 4. The summed E-state index contributed by atoms with van der Waals surface area (Å²) in [5, 5.41) is 3.96. The van der Waals surface area contributed by atoms with Crippen LogP contribution in [0.5, 0.6) is 0 Å². The van der Waals surface area contributed by atoms with Crippen molar-refractivity contribution in [2.45, 2.75) is 28.3 Å². The van der Waals surface area contributed by atoms with Crippen LogP contribution >= 0.6 is 34.7 Å². The minimum absolute atomic E-state index is 0.0195. The van der Waals surface area contributed by atoms with E-state index < -0.39 is 0 Å². The summed E-state index contributed by atoms with van der Waals surface area (Å²) in [7, 11) is 0. The van der Waals surface area contributed by atoms with E-state index in [2.05, 4.69) is 15.2 Å². The van der Waals surface area contributed by atoms with E-state index in [0.717, 1.165) is 15.6 Å². The average Bonchev–Trinajstić information content (AvgIpc) is 3.18. The summed E-state index contributed by atoms with van der Waals surface area (Å²) in [6.07, 6.45) is 3.86. The number of fused-ring (bicyclic) bond motifs is 3. The SMILES string of the molecule is O=C(NC1CN2CCC1CC2)c1ccc(Sc2ncc(Cl)o2)s1.